The van der Waals surface area contributed by atoms with E-state index < -0.39 is 0 Å². The summed E-state index contributed by atoms with van der Waals surface area (Å²) in [4.78, 5) is 24.6. The smallest absolute Gasteiger partial charge is 0.261 e. The number of amides is 1. The molecule has 0 saturated carbocycles. The molecule has 0 fully saturated rings. The van der Waals surface area contributed by atoms with E-state index in [0.29, 0.717) is 24.4 Å². The molecule has 0 heterocycles. The average Bonchev–Trinajstić information content (AvgIpc) is 2.45. The summed E-state index contributed by atoms with van der Waals surface area (Å²) in [5.41, 5.74) is 0.614. The van der Waals surface area contributed by atoms with Crippen molar-refractivity contribution < 1.29 is 14.3 Å². The normalized spacial score (nSPS) is 9.65. The van der Waals surface area contributed by atoms with Crippen LogP contribution in [0.2, 0.25) is 0 Å². The first-order valence-electron chi connectivity index (χ1n) is 6.32. The van der Waals surface area contributed by atoms with Gasteiger partial charge in [-0.05, 0) is 31.2 Å². The third-order valence-corrected chi connectivity index (χ3v) is 2.67. The number of hydrogen-bond donors (Lipinski definition) is 0. The summed E-state index contributed by atoms with van der Waals surface area (Å²) in [7, 11) is 0. The van der Waals surface area contributed by atoms with E-state index in [-0.39, 0.29) is 18.3 Å². The maximum Gasteiger partial charge on any atom is 0.261 e. The van der Waals surface area contributed by atoms with E-state index in [4.69, 9.17) is 4.74 Å². The van der Waals surface area contributed by atoms with Crippen molar-refractivity contribution in [2.75, 3.05) is 19.7 Å². The number of hydrogen-bond acceptors (Lipinski definition) is 3. The molecule has 20 heavy (non-hydrogen) atoms. The van der Waals surface area contributed by atoms with Crippen LogP contribution in [0.1, 0.15) is 17.3 Å². The first-order valence-corrected chi connectivity index (χ1v) is 6.32. The van der Waals surface area contributed by atoms with Crippen molar-refractivity contribution in [1.29, 1.82) is 0 Å². The van der Waals surface area contributed by atoms with Gasteiger partial charge in [-0.15, -0.1) is 13.2 Å². The number of rotatable bonds is 8. The Bertz CT molecular complexity index is 481. The predicted molar refractivity (Wildman–Crippen MR) is 78.9 cm³/mol. The maximum atomic E-state index is 11.9. The van der Waals surface area contributed by atoms with Crippen molar-refractivity contribution in [2.24, 2.45) is 0 Å². The van der Waals surface area contributed by atoms with Crippen LogP contribution in [0.3, 0.4) is 0 Å². The zero-order chi connectivity index (χ0) is 15.0. The zero-order valence-electron chi connectivity index (χ0n) is 11.7. The predicted octanol–water partition coefficient (Wildman–Crippen LogP) is 2.47. The Morgan fingerprint density at radius 2 is 1.70 bits per heavy atom. The molecule has 0 aliphatic rings. The van der Waals surface area contributed by atoms with Crippen LogP contribution in [0.4, 0.5) is 0 Å². The molecule has 4 nitrogen and oxygen atoms in total. The second kappa shape index (κ2) is 7.94. The third-order valence-electron chi connectivity index (χ3n) is 2.67. The van der Waals surface area contributed by atoms with E-state index in [0.717, 1.165) is 0 Å². The Balaban J connectivity index is 2.56. The topological polar surface area (TPSA) is 46.6 Å². The summed E-state index contributed by atoms with van der Waals surface area (Å²) in [6.45, 7) is 9.58. The Labute approximate surface area is 119 Å². The second-order valence-electron chi connectivity index (χ2n) is 4.25. The highest BCUT2D eigenvalue weighted by atomic mass is 16.5. The lowest BCUT2D eigenvalue weighted by atomic mass is 10.1. The van der Waals surface area contributed by atoms with E-state index in [1.54, 1.807) is 41.3 Å². The highest BCUT2D eigenvalue weighted by molar-refractivity contribution is 5.94. The fraction of sp³-hybridized carbons (Fsp3) is 0.250. The summed E-state index contributed by atoms with van der Waals surface area (Å²) in [5.74, 6) is 0.414. The van der Waals surface area contributed by atoms with Gasteiger partial charge >= 0.3 is 0 Å². The molecular weight excluding hydrogens is 254 g/mol. The van der Waals surface area contributed by atoms with Crippen molar-refractivity contribution in [3.63, 3.8) is 0 Å². The third kappa shape index (κ3) is 4.72. The van der Waals surface area contributed by atoms with Crippen LogP contribution in [0.15, 0.2) is 49.6 Å². The zero-order valence-corrected chi connectivity index (χ0v) is 11.7. The van der Waals surface area contributed by atoms with Crippen molar-refractivity contribution in [1.82, 2.24) is 4.90 Å². The van der Waals surface area contributed by atoms with E-state index in [1.807, 2.05) is 0 Å². The average molecular weight is 273 g/mol. The Morgan fingerprint density at radius 1 is 1.15 bits per heavy atom. The number of carbonyl (C=O) groups excluding carboxylic acids is 2. The summed E-state index contributed by atoms with van der Waals surface area (Å²) >= 11 is 0. The van der Waals surface area contributed by atoms with Crippen LogP contribution in [-0.2, 0) is 4.79 Å². The van der Waals surface area contributed by atoms with Crippen molar-refractivity contribution >= 4 is 11.7 Å². The van der Waals surface area contributed by atoms with Gasteiger partial charge in [0.25, 0.3) is 5.91 Å². The van der Waals surface area contributed by atoms with Crippen LogP contribution in [-0.4, -0.2) is 36.3 Å². The lowest BCUT2D eigenvalue weighted by Gasteiger charge is -2.19. The van der Waals surface area contributed by atoms with Gasteiger partial charge in [-0.25, -0.2) is 0 Å². The quantitative estimate of drug-likeness (QED) is 0.540. The number of benzene rings is 1. The molecule has 0 aliphatic heterocycles. The molecule has 1 aromatic rings. The van der Waals surface area contributed by atoms with Crippen LogP contribution >= 0.6 is 0 Å². The minimum Gasteiger partial charge on any atom is -0.484 e. The van der Waals surface area contributed by atoms with Crippen molar-refractivity contribution in [3.8, 4) is 5.75 Å². The number of ether oxygens (including phenoxy) is 1. The molecule has 0 N–H and O–H groups in total. The largest absolute Gasteiger partial charge is 0.484 e. The molecule has 0 radical (unpaired) electrons. The molecule has 0 atom stereocenters. The molecule has 1 amide bonds. The fourth-order valence-corrected chi connectivity index (χ4v) is 1.61. The molecule has 0 unspecified atom stereocenters. The minimum atomic E-state index is -0.138. The van der Waals surface area contributed by atoms with Gasteiger partial charge in [0.1, 0.15) is 5.75 Å². The lowest BCUT2D eigenvalue weighted by Crippen LogP contribution is -2.35. The van der Waals surface area contributed by atoms with Crippen LogP contribution in [0.25, 0.3) is 0 Å². The van der Waals surface area contributed by atoms with Crippen molar-refractivity contribution in [3.05, 3.63) is 55.1 Å². The molecule has 0 saturated heterocycles. The maximum absolute atomic E-state index is 11.9. The molecule has 1 rings (SSSR count). The Hall–Kier alpha value is -2.36. The van der Waals surface area contributed by atoms with Gasteiger partial charge in [0.2, 0.25) is 0 Å². The summed E-state index contributed by atoms with van der Waals surface area (Å²) < 4.78 is 5.41. The van der Waals surface area contributed by atoms with Crippen LogP contribution in [0.5, 0.6) is 5.75 Å². The SMILES string of the molecule is C=CCN(CC=C)C(=O)COc1ccc(C(C)=O)cc1. The molecule has 4 heteroatoms. The molecule has 0 aromatic heterocycles. The summed E-state index contributed by atoms with van der Waals surface area (Å²) in [6.07, 6.45) is 3.31. The first kappa shape index (κ1) is 15.7. The van der Waals surface area contributed by atoms with E-state index in [9.17, 15) is 9.59 Å². The van der Waals surface area contributed by atoms with Gasteiger partial charge in [0.05, 0.1) is 0 Å². The lowest BCUT2D eigenvalue weighted by molar-refractivity contribution is -0.132. The molecular formula is C16H19NO3. The highest BCUT2D eigenvalue weighted by Gasteiger charge is 2.11. The highest BCUT2D eigenvalue weighted by Crippen LogP contribution is 2.12. The summed E-state index contributed by atoms with van der Waals surface area (Å²) in [5, 5.41) is 0. The molecule has 0 aliphatic carbocycles. The Morgan fingerprint density at radius 3 is 2.15 bits per heavy atom. The van der Waals surface area contributed by atoms with Gasteiger partial charge in [0.15, 0.2) is 12.4 Å². The number of ketones is 1. The minimum absolute atomic E-state index is 0.00392. The standard InChI is InChI=1S/C16H19NO3/c1-4-10-17(11-5-2)16(19)12-20-15-8-6-14(7-9-15)13(3)18/h4-9H,1-2,10-12H2,3H3. The fourth-order valence-electron chi connectivity index (χ4n) is 1.61. The van der Waals surface area contributed by atoms with Gasteiger partial charge < -0.3 is 9.64 Å². The number of carbonyl (C=O) groups is 2. The number of Topliss-reactive ketones (excluding diaryl/α,β-unsaturated/α-hetero) is 1. The monoisotopic (exact) mass is 273 g/mol. The molecule has 0 bridgehead atoms. The second-order valence-corrected chi connectivity index (χ2v) is 4.25. The molecule has 106 valence electrons. The van der Waals surface area contributed by atoms with Gasteiger partial charge in [-0.2, -0.15) is 0 Å². The van der Waals surface area contributed by atoms with E-state index in [2.05, 4.69) is 13.2 Å². The van der Waals surface area contributed by atoms with Gasteiger partial charge in [-0.3, -0.25) is 9.59 Å². The van der Waals surface area contributed by atoms with Gasteiger partial charge in [0, 0.05) is 18.7 Å². The van der Waals surface area contributed by atoms with E-state index >= 15 is 0 Å². The van der Waals surface area contributed by atoms with E-state index in [1.165, 1.54) is 6.92 Å². The van der Waals surface area contributed by atoms with Crippen molar-refractivity contribution in [2.45, 2.75) is 6.92 Å². The first-order chi connectivity index (χ1) is 9.58. The Kier molecular flexibility index (Phi) is 6.23. The number of nitrogens with zero attached hydrogens (tertiary/aromatic N) is 1. The van der Waals surface area contributed by atoms with Crippen LogP contribution < -0.4 is 4.74 Å². The molecule has 1 aromatic carbocycles. The van der Waals surface area contributed by atoms with Crippen LogP contribution in [0, 0.1) is 0 Å². The van der Waals surface area contributed by atoms with Gasteiger partial charge in [-0.1, -0.05) is 12.2 Å². The summed E-state index contributed by atoms with van der Waals surface area (Å²) in [6, 6.07) is 6.70. The molecule has 0 spiro atoms.